The first kappa shape index (κ1) is 25.6. The first-order chi connectivity index (χ1) is 15.3. The van der Waals surface area contributed by atoms with Crippen LogP contribution < -0.4 is 0 Å². The molecule has 0 aromatic heterocycles. The van der Waals surface area contributed by atoms with Crippen molar-refractivity contribution < 1.29 is 13.9 Å². The zero-order valence-corrected chi connectivity index (χ0v) is 23.6. The van der Waals surface area contributed by atoms with Crippen molar-refractivity contribution in [3.63, 3.8) is 0 Å². The van der Waals surface area contributed by atoms with Crippen LogP contribution in [0.2, 0.25) is 18.1 Å². The zero-order valence-electron chi connectivity index (χ0n) is 22.6. The van der Waals surface area contributed by atoms with Gasteiger partial charge in [0.25, 0.3) is 0 Å². The molecular formula is C29H49FO2Si. The topological polar surface area (TPSA) is 29.5 Å². The van der Waals surface area contributed by atoms with E-state index < -0.39 is 14.9 Å². The molecule has 1 unspecified atom stereocenters. The van der Waals surface area contributed by atoms with Crippen LogP contribution in [0, 0.1) is 34.5 Å². The van der Waals surface area contributed by atoms with Crippen LogP contribution in [0.5, 0.6) is 0 Å². The lowest BCUT2D eigenvalue weighted by molar-refractivity contribution is -0.0488. The van der Waals surface area contributed by atoms with Gasteiger partial charge in [-0.3, -0.25) is 0 Å². The first-order valence-electron chi connectivity index (χ1n) is 13.7. The molecule has 0 bridgehead atoms. The maximum Gasteiger partial charge on any atom is 0.192 e. The van der Waals surface area contributed by atoms with E-state index in [0.717, 1.165) is 31.3 Å². The van der Waals surface area contributed by atoms with Gasteiger partial charge in [0.05, 0.1) is 6.61 Å². The van der Waals surface area contributed by atoms with Crippen molar-refractivity contribution in [1.29, 1.82) is 0 Å². The number of hydrogen-bond donors (Lipinski definition) is 1. The summed E-state index contributed by atoms with van der Waals surface area (Å²) in [6.45, 7) is 18.6. The highest BCUT2D eigenvalue weighted by molar-refractivity contribution is 6.74. The molecule has 3 saturated carbocycles. The second kappa shape index (κ2) is 8.59. The number of aliphatic hydroxyl groups excluding tert-OH is 1. The number of hydrogen-bond acceptors (Lipinski definition) is 2. The predicted molar refractivity (Wildman–Crippen MR) is 138 cm³/mol. The molecule has 0 aliphatic heterocycles. The molecule has 188 valence electrons. The average Bonchev–Trinajstić information content (AvgIpc) is 3.09. The van der Waals surface area contributed by atoms with Gasteiger partial charge in [0.15, 0.2) is 8.32 Å². The third kappa shape index (κ3) is 4.04. The second-order valence-corrected chi connectivity index (χ2v) is 18.5. The van der Waals surface area contributed by atoms with E-state index in [9.17, 15) is 9.50 Å². The summed E-state index contributed by atoms with van der Waals surface area (Å²) >= 11 is 0. The van der Waals surface area contributed by atoms with Gasteiger partial charge in [-0.05, 0) is 110 Å². The molecule has 1 N–H and O–H groups in total. The van der Waals surface area contributed by atoms with E-state index in [2.05, 4.69) is 60.7 Å². The first-order valence-corrected chi connectivity index (χ1v) is 16.6. The van der Waals surface area contributed by atoms with Crippen molar-refractivity contribution in [1.82, 2.24) is 0 Å². The summed E-state index contributed by atoms with van der Waals surface area (Å²) in [5.74, 6) is 2.23. The maximum atomic E-state index is 14.7. The van der Waals surface area contributed by atoms with Crippen molar-refractivity contribution in [2.45, 2.75) is 117 Å². The highest BCUT2D eigenvalue weighted by Gasteiger charge is 2.60. The molecule has 0 aromatic carbocycles. The van der Waals surface area contributed by atoms with E-state index in [1.54, 1.807) is 5.57 Å². The summed E-state index contributed by atoms with van der Waals surface area (Å²) in [5, 5.41) is 9.78. The normalized spacial score (nSPS) is 42.8. The fraction of sp³-hybridized carbons (Fsp3) is 0.862. The summed E-state index contributed by atoms with van der Waals surface area (Å²) < 4.78 is 21.6. The highest BCUT2D eigenvalue weighted by Crippen LogP contribution is 2.68. The van der Waals surface area contributed by atoms with Gasteiger partial charge in [0.2, 0.25) is 0 Å². The zero-order chi connectivity index (χ0) is 24.4. The van der Waals surface area contributed by atoms with Gasteiger partial charge < -0.3 is 9.53 Å². The van der Waals surface area contributed by atoms with E-state index >= 15 is 0 Å². The van der Waals surface area contributed by atoms with Crippen LogP contribution in [0.25, 0.3) is 0 Å². The van der Waals surface area contributed by atoms with Crippen LogP contribution >= 0.6 is 0 Å². The number of allylic oxidation sites excluding steroid dienone is 2. The lowest BCUT2D eigenvalue weighted by Gasteiger charge is -2.60. The van der Waals surface area contributed by atoms with Gasteiger partial charge in [-0.25, -0.2) is 4.39 Å². The Labute approximate surface area is 203 Å². The van der Waals surface area contributed by atoms with Crippen LogP contribution in [0.4, 0.5) is 4.39 Å². The molecule has 0 radical (unpaired) electrons. The molecule has 0 heterocycles. The van der Waals surface area contributed by atoms with Crippen molar-refractivity contribution in [3.05, 3.63) is 23.0 Å². The van der Waals surface area contributed by atoms with E-state index in [0.29, 0.717) is 29.8 Å². The van der Waals surface area contributed by atoms with Gasteiger partial charge in [0, 0.05) is 6.10 Å². The van der Waals surface area contributed by atoms with E-state index in [1.165, 1.54) is 25.7 Å². The van der Waals surface area contributed by atoms with Crippen molar-refractivity contribution in [3.8, 4) is 0 Å². The summed E-state index contributed by atoms with van der Waals surface area (Å²) in [4.78, 5) is 0. The van der Waals surface area contributed by atoms with Crippen LogP contribution in [0.3, 0.4) is 0 Å². The average molecular weight is 477 g/mol. The van der Waals surface area contributed by atoms with Crippen LogP contribution in [-0.4, -0.2) is 26.1 Å². The molecule has 4 aliphatic rings. The Balaban J connectivity index is 1.63. The lowest BCUT2D eigenvalue weighted by Crippen LogP contribution is -2.53. The minimum atomic E-state index is -1.77. The van der Waals surface area contributed by atoms with Crippen molar-refractivity contribution in [2.24, 2.45) is 34.5 Å². The Morgan fingerprint density at radius 1 is 1.12 bits per heavy atom. The number of rotatable bonds is 4. The third-order valence-corrected chi connectivity index (χ3v) is 15.8. The van der Waals surface area contributed by atoms with Gasteiger partial charge in [-0.1, -0.05) is 53.2 Å². The lowest BCUT2D eigenvalue weighted by atomic mass is 9.45. The van der Waals surface area contributed by atoms with Gasteiger partial charge in [-0.15, -0.1) is 0 Å². The molecule has 4 aliphatic carbocycles. The van der Waals surface area contributed by atoms with E-state index in [1.807, 2.05) is 0 Å². The Bertz CT molecular complexity index is 824. The summed E-state index contributed by atoms with van der Waals surface area (Å²) in [6, 6.07) is 0. The fourth-order valence-electron chi connectivity index (χ4n) is 8.23. The summed E-state index contributed by atoms with van der Waals surface area (Å²) in [6.07, 6.45) is 11.9. The quantitative estimate of drug-likeness (QED) is 0.327. The van der Waals surface area contributed by atoms with Crippen molar-refractivity contribution >= 4 is 8.32 Å². The molecule has 33 heavy (non-hydrogen) atoms. The minimum absolute atomic E-state index is 0.0637. The number of halogens is 1. The van der Waals surface area contributed by atoms with E-state index in [-0.39, 0.29) is 21.7 Å². The van der Waals surface area contributed by atoms with Gasteiger partial charge in [-0.2, -0.15) is 0 Å². The van der Waals surface area contributed by atoms with Crippen LogP contribution in [0.15, 0.2) is 23.0 Å². The Kier molecular flexibility index (Phi) is 6.67. The molecule has 0 amide bonds. The monoisotopic (exact) mass is 476 g/mol. The largest absolute Gasteiger partial charge is 0.414 e. The Morgan fingerprint density at radius 2 is 1.76 bits per heavy atom. The van der Waals surface area contributed by atoms with Crippen LogP contribution in [-0.2, 0) is 4.43 Å². The molecule has 2 nitrogen and oxygen atoms in total. The van der Waals surface area contributed by atoms with Gasteiger partial charge >= 0.3 is 0 Å². The molecule has 0 saturated heterocycles. The minimum Gasteiger partial charge on any atom is -0.414 e. The number of aliphatic hydroxyl groups is 1. The standard InChI is InChI=1S/C29H49FO2Si/c1-9-19-16-20-17-21(32-33(7,8)27(2,3)4)12-14-28(20,5)24-13-15-29(6)22(25(30)18-31)10-11-23(29)26(19)24/h16,19,21,23-24,26,31H,9-15,17-18H2,1-8H3/t19-,21?,23-,24-,26-,28-,29+/m0/s1. The maximum absolute atomic E-state index is 14.7. The summed E-state index contributed by atoms with van der Waals surface area (Å²) in [7, 11) is -1.77. The highest BCUT2D eigenvalue weighted by atomic mass is 28.4. The molecule has 3 fully saturated rings. The molecule has 4 heteroatoms. The third-order valence-electron chi connectivity index (χ3n) is 11.2. The van der Waals surface area contributed by atoms with Crippen molar-refractivity contribution in [2.75, 3.05) is 6.61 Å². The van der Waals surface area contributed by atoms with Crippen LogP contribution in [0.1, 0.15) is 92.9 Å². The van der Waals surface area contributed by atoms with Gasteiger partial charge in [0.1, 0.15) is 5.83 Å². The predicted octanol–water partition coefficient (Wildman–Crippen LogP) is 8.19. The Hall–Kier alpha value is -0.453. The van der Waals surface area contributed by atoms with E-state index in [4.69, 9.17) is 4.43 Å². The Morgan fingerprint density at radius 3 is 2.36 bits per heavy atom. The molecule has 0 aromatic rings. The summed E-state index contributed by atoms with van der Waals surface area (Å²) in [5.41, 5.74) is 2.82. The molecule has 7 atom stereocenters. The fourth-order valence-corrected chi connectivity index (χ4v) is 9.62. The molecular weight excluding hydrogens is 427 g/mol. The molecule has 4 rings (SSSR count). The SMILES string of the molecule is CC[C@H]1C=C2CC(O[Si](C)(C)C(C)(C)C)CC[C@]2(C)[C@H]2CC[C@]3(C)C(=C(F)CO)CC[C@H]3[C@H]12. The number of fused-ring (bicyclic) bond motifs is 5. The molecule has 0 spiro atoms. The smallest absolute Gasteiger partial charge is 0.192 e. The second-order valence-electron chi connectivity index (χ2n) is 13.8.